The third-order valence-electron chi connectivity index (χ3n) is 2.53. The van der Waals surface area contributed by atoms with Crippen LogP contribution >= 0.6 is 24.0 Å². The van der Waals surface area contributed by atoms with E-state index in [-0.39, 0.29) is 5.91 Å². The number of amides is 1. The summed E-state index contributed by atoms with van der Waals surface area (Å²) < 4.78 is 0.599. The lowest BCUT2D eigenvalue weighted by Crippen LogP contribution is -2.27. The van der Waals surface area contributed by atoms with Crippen LogP contribution in [0.2, 0.25) is 0 Å². The normalized spacial score (nSPS) is 17.3. The number of carbonyl (C=O) groups excluding carboxylic acids is 1. The van der Waals surface area contributed by atoms with E-state index in [1.54, 1.807) is 23.1 Å². The number of hydrogen-bond donors (Lipinski definition) is 0. The van der Waals surface area contributed by atoms with Crippen molar-refractivity contribution >= 4 is 40.3 Å². The minimum Gasteiger partial charge on any atom is -0.293 e. The van der Waals surface area contributed by atoms with Crippen molar-refractivity contribution in [3.8, 4) is 6.07 Å². The van der Waals surface area contributed by atoms with E-state index in [4.69, 9.17) is 17.5 Å². The fourth-order valence-corrected chi connectivity index (χ4v) is 2.96. The highest BCUT2D eigenvalue weighted by atomic mass is 32.2. The molecule has 0 aliphatic carbocycles. The highest BCUT2D eigenvalue weighted by Gasteiger charge is 2.30. The van der Waals surface area contributed by atoms with E-state index in [9.17, 15) is 4.79 Å². The van der Waals surface area contributed by atoms with Gasteiger partial charge in [0.05, 0.1) is 16.5 Å². The molecule has 18 heavy (non-hydrogen) atoms. The summed E-state index contributed by atoms with van der Waals surface area (Å²) in [6.07, 6.45) is 1.80. The number of thiocarbonyl (C=S) groups is 1. The Hall–Kier alpha value is -1.64. The molecule has 0 N–H and O–H groups in total. The van der Waals surface area contributed by atoms with Crippen LogP contribution in [0.15, 0.2) is 29.2 Å². The highest BCUT2D eigenvalue weighted by molar-refractivity contribution is 8.26. The summed E-state index contributed by atoms with van der Waals surface area (Å²) in [6, 6.07) is 9.15. The molecule has 1 saturated heterocycles. The monoisotopic (exact) mass is 274 g/mol. The average molecular weight is 274 g/mol. The molecular formula is C13H10N2OS2. The Kier molecular flexibility index (Phi) is 3.80. The molecule has 0 bridgehead atoms. The van der Waals surface area contributed by atoms with Crippen molar-refractivity contribution in [2.24, 2.45) is 0 Å². The van der Waals surface area contributed by atoms with Crippen molar-refractivity contribution in [3.63, 3.8) is 0 Å². The number of carbonyl (C=O) groups is 1. The first kappa shape index (κ1) is 12.8. The number of thioether (sulfide) groups is 1. The second-order valence-corrected chi connectivity index (χ2v) is 5.34. The zero-order valence-corrected chi connectivity index (χ0v) is 11.3. The van der Waals surface area contributed by atoms with Crippen molar-refractivity contribution < 1.29 is 4.79 Å². The topological polar surface area (TPSA) is 44.1 Å². The Labute approximate surface area is 115 Å². The maximum absolute atomic E-state index is 12.0. The van der Waals surface area contributed by atoms with Gasteiger partial charge in [-0.05, 0) is 30.7 Å². The summed E-state index contributed by atoms with van der Waals surface area (Å²) in [4.78, 5) is 14.2. The van der Waals surface area contributed by atoms with Gasteiger partial charge in [-0.1, -0.05) is 36.1 Å². The van der Waals surface area contributed by atoms with Crippen LogP contribution in [-0.2, 0) is 4.79 Å². The van der Waals surface area contributed by atoms with Gasteiger partial charge in [-0.3, -0.25) is 9.69 Å². The van der Waals surface area contributed by atoms with Gasteiger partial charge >= 0.3 is 0 Å². The highest BCUT2D eigenvalue weighted by Crippen LogP contribution is 2.32. The number of rotatable bonds is 2. The number of benzene rings is 1. The standard InChI is InChI=1S/C13H10N2OS2/c1-2-15-12(16)11(18-13(15)17)7-9-3-5-10(8-14)6-4-9/h3-7H,2H2,1H3/b11-7+. The van der Waals surface area contributed by atoms with E-state index in [1.807, 2.05) is 19.1 Å². The number of hydrogen-bond acceptors (Lipinski definition) is 4. The van der Waals surface area contributed by atoms with Gasteiger partial charge in [-0.15, -0.1) is 0 Å². The fraction of sp³-hybridized carbons (Fsp3) is 0.154. The van der Waals surface area contributed by atoms with Crippen LogP contribution in [-0.4, -0.2) is 21.7 Å². The van der Waals surface area contributed by atoms with E-state index >= 15 is 0 Å². The predicted molar refractivity (Wildman–Crippen MR) is 76.7 cm³/mol. The Bertz CT molecular complexity index is 570. The second kappa shape index (κ2) is 5.34. The van der Waals surface area contributed by atoms with Crippen LogP contribution in [0, 0.1) is 11.3 Å². The molecule has 1 heterocycles. The molecule has 1 aliphatic rings. The minimum absolute atomic E-state index is 0.0446. The van der Waals surface area contributed by atoms with E-state index in [0.29, 0.717) is 21.3 Å². The SMILES string of the molecule is CCN1C(=O)/C(=C\c2ccc(C#N)cc2)SC1=S. The molecule has 0 radical (unpaired) electrons. The summed E-state index contributed by atoms with van der Waals surface area (Å²) in [5, 5.41) is 8.71. The van der Waals surface area contributed by atoms with Crippen LogP contribution in [0.4, 0.5) is 0 Å². The van der Waals surface area contributed by atoms with Gasteiger partial charge < -0.3 is 0 Å². The molecule has 5 heteroatoms. The molecule has 1 aromatic rings. The van der Waals surface area contributed by atoms with Crippen LogP contribution in [0.5, 0.6) is 0 Å². The third-order valence-corrected chi connectivity index (χ3v) is 3.91. The molecule has 1 fully saturated rings. The van der Waals surface area contributed by atoms with Crippen molar-refractivity contribution in [2.45, 2.75) is 6.92 Å². The van der Waals surface area contributed by atoms with Gasteiger partial charge in [0.1, 0.15) is 4.32 Å². The van der Waals surface area contributed by atoms with Crippen molar-refractivity contribution in [3.05, 3.63) is 40.3 Å². The smallest absolute Gasteiger partial charge is 0.266 e. The molecule has 0 aromatic heterocycles. The minimum atomic E-state index is -0.0446. The molecule has 1 amide bonds. The first-order valence-electron chi connectivity index (χ1n) is 5.41. The average Bonchev–Trinajstić information content (AvgIpc) is 2.65. The molecule has 1 aliphatic heterocycles. The van der Waals surface area contributed by atoms with Crippen LogP contribution in [0.3, 0.4) is 0 Å². The molecule has 0 unspecified atom stereocenters. The molecule has 0 saturated carbocycles. The molecular weight excluding hydrogens is 264 g/mol. The zero-order chi connectivity index (χ0) is 13.1. The van der Waals surface area contributed by atoms with Crippen LogP contribution in [0.25, 0.3) is 6.08 Å². The quantitative estimate of drug-likeness (QED) is 0.614. The molecule has 90 valence electrons. The zero-order valence-electron chi connectivity index (χ0n) is 9.71. The van der Waals surface area contributed by atoms with E-state index in [1.165, 1.54) is 11.8 Å². The Morgan fingerprint density at radius 2 is 2.11 bits per heavy atom. The maximum Gasteiger partial charge on any atom is 0.266 e. The lowest BCUT2D eigenvalue weighted by atomic mass is 10.1. The Morgan fingerprint density at radius 3 is 2.61 bits per heavy atom. The summed E-state index contributed by atoms with van der Waals surface area (Å²) in [5.41, 5.74) is 1.50. The van der Waals surface area contributed by atoms with Crippen molar-refractivity contribution in [2.75, 3.05) is 6.54 Å². The molecule has 0 atom stereocenters. The Morgan fingerprint density at radius 1 is 1.44 bits per heavy atom. The predicted octanol–water partition coefficient (Wildman–Crippen LogP) is 2.78. The summed E-state index contributed by atoms with van der Waals surface area (Å²) in [7, 11) is 0. The van der Waals surface area contributed by atoms with Gasteiger partial charge in [-0.25, -0.2) is 0 Å². The lowest BCUT2D eigenvalue weighted by Gasteiger charge is -2.09. The fourth-order valence-electron chi connectivity index (χ4n) is 1.58. The van der Waals surface area contributed by atoms with Crippen molar-refractivity contribution in [1.29, 1.82) is 5.26 Å². The third kappa shape index (κ3) is 2.45. The van der Waals surface area contributed by atoms with Crippen LogP contribution < -0.4 is 0 Å². The van der Waals surface area contributed by atoms with E-state index in [2.05, 4.69) is 6.07 Å². The van der Waals surface area contributed by atoms with Crippen LogP contribution in [0.1, 0.15) is 18.1 Å². The number of nitrogens with zero attached hydrogens (tertiary/aromatic N) is 2. The van der Waals surface area contributed by atoms with Gasteiger partial charge in [0.15, 0.2) is 0 Å². The number of nitriles is 1. The summed E-state index contributed by atoms with van der Waals surface area (Å²) >= 11 is 6.45. The van der Waals surface area contributed by atoms with Crippen molar-refractivity contribution in [1.82, 2.24) is 4.90 Å². The van der Waals surface area contributed by atoms with Gasteiger partial charge in [-0.2, -0.15) is 5.26 Å². The molecule has 3 nitrogen and oxygen atoms in total. The molecule has 2 rings (SSSR count). The summed E-state index contributed by atoms with van der Waals surface area (Å²) in [5.74, 6) is -0.0446. The molecule has 0 spiro atoms. The molecule has 1 aromatic carbocycles. The van der Waals surface area contributed by atoms with E-state index in [0.717, 1.165) is 5.56 Å². The van der Waals surface area contributed by atoms with Gasteiger partial charge in [0.25, 0.3) is 5.91 Å². The second-order valence-electron chi connectivity index (χ2n) is 3.66. The van der Waals surface area contributed by atoms with Gasteiger partial charge in [0.2, 0.25) is 0 Å². The first-order chi connectivity index (χ1) is 8.65. The largest absolute Gasteiger partial charge is 0.293 e. The first-order valence-corrected chi connectivity index (χ1v) is 6.63. The lowest BCUT2D eigenvalue weighted by molar-refractivity contribution is -0.121. The maximum atomic E-state index is 12.0. The summed E-state index contributed by atoms with van der Waals surface area (Å²) in [6.45, 7) is 2.49. The van der Waals surface area contributed by atoms with Gasteiger partial charge in [0, 0.05) is 6.54 Å². The Balaban J connectivity index is 2.26. The number of likely N-dealkylation sites (N-methyl/N-ethyl adjacent to an activating group) is 1. The van der Waals surface area contributed by atoms with E-state index < -0.39 is 0 Å².